The number of fused-ring (bicyclic) bond motifs is 1. The summed E-state index contributed by atoms with van der Waals surface area (Å²) in [6.07, 6.45) is 1.91. The van der Waals surface area contributed by atoms with E-state index in [1.807, 2.05) is 0 Å². The number of benzene rings is 2. The molecule has 28 heavy (non-hydrogen) atoms. The van der Waals surface area contributed by atoms with E-state index in [2.05, 4.69) is 5.32 Å². The summed E-state index contributed by atoms with van der Waals surface area (Å²) in [4.78, 5) is 37.6. The maximum atomic E-state index is 12.9. The zero-order valence-electron chi connectivity index (χ0n) is 14.9. The molecule has 1 aliphatic rings. The number of rotatable bonds is 4. The van der Waals surface area contributed by atoms with Gasteiger partial charge < -0.3 is 14.6 Å². The van der Waals surface area contributed by atoms with Gasteiger partial charge in [-0.3, -0.25) is 14.9 Å². The average molecular weight is 379 g/mol. The first kappa shape index (κ1) is 17.7. The summed E-state index contributed by atoms with van der Waals surface area (Å²) in [7, 11) is 0. The molecule has 3 aromatic rings. The van der Waals surface area contributed by atoms with Crippen LogP contribution in [0.15, 0.2) is 57.7 Å². The third-order valence-corrected chi connectivity index (χ3v) is 4.78. The molecule has 1 N–H and O–H groups in total. The highest BCUT2D eigenvalue weighted by Crippen LogP contribution is 2.34. The van der Waals surface area contributed by atoms with Crippen LogP contribution >= 0.6 is 0 Å². The predicted octanol–water partition coefficient (Wildman–Crippen LogP) is 3.68. The van der Waals surface area contributed by atoms with E-state index >= 15 is 0 Å². The lowest BCUT2D eigenvalue weighted by Gasteiger charge is -2.18. The highest BCUT2D eigenvalue weighted by molar-refractivity contribution is 6.03. The first-order valence-corrected chi connectivity index (χ1v) is 8.92. The zero-order chi connectivity index (χ0) is 19.7. The van der Waals surface area contributed by atoms with Gasteiger partial charge in [-0.1, -0.05) is 24.3 Å². The van der Waals surface area contributed by atoms with Crippen LogP contribution in [0.4, 0.5) is 17.1 Å². The molecule has 0 bridgehead atoms. The van der Waals surface area contributed by atoms with E-state index in [0.29, 0.717) is 29.7 Å². The molecule has 0 atom stereocenters. The normalized spacial score (nSPS) is 13.6. The van der Waals surface area contributed by atoms with Crippen LogP contribution in [-0.4, -0.2) is 28.8 Å². The Morgan fingerprint density at radius 2 is 1.75 bits per heavy atom. The summed E-state index contributed by atoms with van der Waals surface area (Å²) in [6.45, 7) is 1.37. The van der Waals surface area contributed by atoms with E-state index in [1.54, 1.807) is 53.4 Å². The summed E-state index contributed by atoms with van der Waals surface area (Å²) in [5.41, 5.74) is -0.701. The van der Waals surface area contributed by atoms with Crippen molar-refractivity contribution in [3.63, 3.8) is 0 Å². The highest BCUT2D eigenvalue weighted by atomic mass is 16.6. The van der Waals surface area contributed by atoms with Gasteiger partial charge in [-0.15, -0.1) is 0 Å². The Bertz CT molecular complexity index is 1130. The molecular weight excluding hydrogens is 362 g/mol. The summed E-state index contributed by atoms with van der Waals surface area (Å²) in [5.74, 6) is -0.143. The Kier molecular flexibility index (Phi) is 4.52. The number of likely N-dealkylation sites (tertiary alicyclic amines) is 1. The van der Waals surface area contributed by atoms with Crippen molar-refractivity contribution >= 4 is 33.9 Å². The number of nitrogens with one attached hydrogen (secondary N) is 1. The molecule has 0 unspecified atom stereocenters. The predicted molar refractivity (Wildman–Crippen MR) is 104 cm³/mol. The Hall–Kier alpha value is -3.68. The molecule has 0 saturated carbocycles. The lowest BCUT2D eigenvalue weighted by Crippen LogP contribution is -2.28. The average Bonchev–Trinajstić information content (AvgIpc) is 3.22. The van der Waals surface area contributed by atoms with E-state index in [-0.39, 0.29) is 17.2 Å². The molecule has 8 nitrogen and oxygen atoms in total. The zero-order valence-corrected chi connectivity index (χ0v) is 14.9. The van der Waals surface area contributed by atoms with Crippen molar-refractivity contribution in [2.45, 2.75) is 12.8 Å². The molecule has 142 valence electrons. The Morgan fingerprint density at radius 1 is 1.07 bits per heavy atom. The minimum atomic E-state index is -1.05. The number of nitrogens with zero attached hydrogens (tertiary/aromatic N) is 2. The smallest absolute Gasteiger partial charge is 0.417 e. The van der Waals surface area contributed by atoms with Crippen molar-refractivity contribution in [2.24, 2.45) is 0 Å². The quantitative estimate of drug-likeness (QED) is 0.421. The number of hydrogen-bond donors (Lipinski definition) is 1. The Balaban J connectivity index is 1.85. The van der Waals surface area contributed by atoms with E-state index in [1.165, 1.54) is 0 Å². The topological polar surface area (TPSA) is 106 Å². The van der Waals surface area contributed by atoms with Crippen molar-refractivity contribution in [3.8, 4) is 0 Å². The minimum absolute atomic E-state index is 0.0125. The fourth-order valence-corrected chi connectivity index (χ4v) is 3.44. The number of anilines is 2. The summed E-state index contributed by atoms with van der Waals surface area (Å²) in [6, 6.07) is 13.3. The number of amides is 1. The van der Waals surface area contributed by atoms with E-state index in [9.17, 15) is 19.7 Å². The largest absolute Gasteiger partial charge is 0.418 e. The lowest BCUT2D eigenvalue weighted by molar-refractivity contribution is -0.386. The molecule has 1 aromatic heterocycles. The SMILES string of the molecule is O=C(c1ccccc1Nc1c([N+](=O)[O-])c(=O)oc2ccccc12)N1CCCC1. The molecule has 2 aromatic carbocycles. The maximum absolute atomic E-state index is 12.9. The highest BCUT2D eigenvalue weighted by Gasteiger charge is 2.27. The van der Waals surface area contributed by atoms with Gasteiger partial charge in [0.05, 0.1) is 16.2 Å². The van der Waals surface area contributed by atoms with Crippen LogP contribution in [0.1, 0.15) is 23.2 Å². The minimum Gasteiger partial charge on any atom is -0.418 e. The van der Waals surface area contributed by atoms with Crippen molar-refractivity contribution in [1.82, 2.24) is 4.90 Å². The number of nitro groups is 1. The fourth-order valence-electron chi connectivity index (χ4n) is 3.44. The van der Waals surface area contributed by atoms with Gasteiger partial charge >= 0.3 is 11.3 Å². The molecule has 0 spiro atoms. The van der Waals surface area contributed by atoms with E-state index in [0.717, 1.165) is 12.8 Å². The van der Waals surface area contributed by atoms with Crippen LogP contribution < -0.4 is 10.9 Å². The molecule has 1 saturated heterocycles. The van der Waals surface area contributed by atoms with Crippen molar-refractivity contribution in [2.75, 3.05) is 18.4 Å². The van der Waals surface area contributed by atoms with Crippen LogP contribution in [0, 0.1) is 10.1 Å². The third-order valence-electron chi connectivity index (χ3n) is 4.78. The third kappa shape index (κ3) is 3.09. The maximum Gasteiger partial charge on any atom is 0.417 e. The van der Waals surface area contributed by atoms with Crippen LogP contribution in [0.25, 0.3) is 11.0 Å². The molecule has 1 amide bonds. The molecule has 0 aliphatic carbocycles. The van der Waals surface area contributed by atoms with Gasteiger partial charge in [0.25, 0.3) is 5.91 Å². The van der Waals surface area contributed by atoms with Crippen LogP contribution in [0.3, 0.4) is 0 Å². The van der Waals surface area contributed by atoms with Crippen LogP contribution in [0.5, 0.6) is 0 Å². The fraction of sp³-hybridized carbons (Fsp3) is 0.200. The monoisotopic (exact) mass is 379 g/mol. The van der Waals surface area contributed by atoms with Crippen molar-refractivity contribution in [1.29, 1.82) is 0 Å². The summed E-state index contributed by atoms with van der Waals surface area (Å²) >= 11 is 0. The van der Waals surface area contributed by atoms with Gasteiger partial charge in [0.15, 0.2) is 0 Å². The van der Waals surface area contributed by atoms with Crippen molar-refractivity contribution in [3.05, 3.63) is 74.6 Å². The Labute approximate surface area is 159 Å². The molecule has 1 aliphatic heterocycles. The molecule has 8 heteroatoms. The second-order valence-corrected chi connectivity index (χ2v) is 6.54. The summed E-state index contributed by atoms with van der Waals surface area (Å²) in [5, 5.41) is 14.9. The van der Waals surface area contributed by atoms with Gasteiger partial charge in [-0.05, 0) is 37.1 Å². The second kappa shape index (κ2) is 7.15. The van der Waals surface area contributed by atoms with Gasteiger partial charge in [-0.2, -0.15) is 0 Å². The molecule has 4 rings (SSSR count). The van der Waals surface area contributed by atoms with Gasteiger partial charge in [0.2, 0.25) is 0 Å². The van der Waals surface area contributed by atoms with Crippen LogP contribution in [-0.2, 0) is 0 Å². The first-order chi connectivity index (χ1) is 13.6. The molecule has 0 radical (unpaired) electrons. The second-order valence-electron chi connectivity index (χ2n) is 6.54. The van der Waals surface area contributed by atoms with Crippen LogP contribution in [0.2, 0.25) is 0 Å². The number of carbonyl (C=O) groups excluding carboxylic acids is 1. The molecule has 1 fully saturated rings. The lowest BCUT2D eigenvalue weighted by atomic mass is 10.1. The first-order valence-electron chi connectivity index (χ1n) is 8.92. The Morgan fingerprint density at radius 3 is 2.50 bits per heavy atom. The van der Waals surface area contributed by atoms with Gasteiger partial charge in [0.1, 0.15) is 11.3 Å². The van der Waals surface area contributed by atoms with Crippen molar-refractivity contribution < 1.29 is 14.1 Å². The van der Waals surface area contributed by atoms with E-state index in [4.69, 9.17) is 4.42 Å². The molecule has 2 heterocycles. The standard InChI is InChI=1S/C20H17N3O5/c24-19(22-11-5-6-12-22)13-7-1-3-9-15(13)21-17-14-8-2-4-10-16(14)28-20(25)18(17)23(26)27/h1-4,7-10,21H,5-6,11-12H2. The number of carbonyl (C=O) groups is 1. The van der Waals surface area contributed by atoms with E-state index < -0.39 is 16.2 Å². The molecular formula is C20H17N3O5. The van der Waals surface area contributed by atoms with Gasteiger partial charge in [-0.25, -0.2) is 4.79 Å². The number of para-hydroxylation sites is 2. The summed E-state index contributed by atoms with van der Waals surface area (Å²) < 4.78 is 5.08. The van der Waals surface area contributed by atoms with Gasteiger partial charge in [0, 0.05) is 18.5 Å². The number of hydrogen-bond acceptors (Lipinski definition) is 6.